The molecule has 2 saturated heterocycles. The van der Waals surface area contributed by atoms with E-state index in [1.165, 1.54) is 16.5 Å². The minimum absolute atomic E-state index is 0.232. The molecule has 0 bridgehead atoms. The van der Waals surface area contributed by atoms with E-state index < -0.39 is 5.60 Å². The molecule has 2 fully saturated rings. The number of para-hydroxylation sites is 1. The van der Waals surface area contributed by atoms with Crippen LogP contribution in [-0.2, 0) is 17.9 Å². The number of likely N-dealkylation sites (tertiary alicyclic amines) is 1. The van der Waals surface area contributed by atoms with E-state index in [2.05, 4.69) is 59.8 Å². The fourth-order valence-electron chi connectivity index (χ4n) is 5.81. The van der Waals surface area contributed by atoms with Crippen molar-refractivity contribution >= 4 is 22.7 Å². The van der Waals surface area contributed by atoms with Crippen LogP contribution < -0.4 is 9.64 Å². The maximum Gasteiger partial charge on any atom is 0.415 e. The molecule has 0 N–H and O–H groups in total. The first-order chi connectivity index (χ1) is 18.5. The van der Waals surface area contributed by atoms with Gasteiger partial charge in [0.1, 0.15) is 18.0 Å². The lowest BCUT2D eigenvalue weighted by molar-refractivity contribution is -0.000900. The summed E-state index contributed by atoms with van der Waals surface area (Å²) in [7, 11) is 0. The number of benzene rings is 3. The molecule has 6 nitrogen and oxygen atoms in total. The molecule has 1 aromatic heterocycles. The molecular weight excluding hydrogens is 474 g/mol. The molecule has 2 aliphatic heterocycles. The van der Waals surface area contributed by atoms with Gasteiger partial charge in [-0.3, -0.25) is 9.80 Å². The first-order valence-electron chi connectivity index (χ1n) is 13.6. The molecule has 4 aromatic rings. The number of nitrogens with zero attached hydrogens (tertiary/aromatic N) is 3. The minimum atomic E-state index is -0.403. The Bertz CT molecular complexity index is 1410. The summed E-state index contributed by atoms with van der Waals surface area (Å²) < 4.78 is 14.7. The number of amides is 1. The van der Waals surface area contributed by atoms with Gasteiger partial charge in [-0.15, -0.1) is 0 Å². The van der Waals surface area contributed by atoms with Gasteiger partial charge in [-0.2, -0.15) is 0 Å². The van der Waals surface area contributed by atoms with Gasteiger partial charge in [0.2, 0.25) is 0 Å². The lowest BCUT2D eigenvalue weighted by Crippen LogP contribution is -2.46. The van der Waals surface area contributed by atoms with Crippen molar-refractivity contribution in [3.63, 3.8) is 0 Å². The van der Waals surface area contributed by atoms with Gasteiger partial charge < -0.3 is 14.0 Å². The summed E-state index contributed by atoms with van der Waals surface area (Å²) in [6.45, 7) is 8.22. The monoisotopic (exact) mass is 509 g/mol. The maximum absolute atomic E-state index is 12.7. The summed E-state index contributed by atoms with van der Waals surface area (Å²) in [5, 5.41) is 1.19. The summed E-state index contributed by atoms with van der Waals surface area (Å²) in [6, 6.07) is 26.8. The van der Waals surface area contributed by atoms with Crippen LogP contribution in [-0.4, -0.2) is 40.8 Å². The van der Waals surface area contributed by atoms with Gasteiger partial charge in [0.15, 0.2) is 0 Å². The summed E-state index contributed by atoms with van der Waals surface area (Å²) >= 11 is 0. The van der Waals surface area contributed by atoms with Crippen LogP contribution in [0.25, 0.3) is 10.9 Å². The van der Waals surface area contributed by atoms with Crippen LogP contribution in [0.2, 0.25) is 0 Å². The number of hydrogen-bond acceptors (Lipinski definition) is 4. The first-order valence-corrected chi connectivity index (χ1v) is 13.6. The van der Waals surface area contributed by atoms with Crippen molar-refractivity contribution in [2.75, 3.05) is 24.5 Å². The Balaban J connectivity index is 1.19. The van der Waals surface area contributed by atoms with Gasteiger partial charge in [-0.25, -0.2) is 4.79 Å². The average Bonchev–Trinajstić information content (AvgIpc) is 3.48. The van der Waals surface area contributed by atoms with Gasteiger partial charge in [-0.1, -0.05) is 54.6 Å². The van der Waals surface area contributed by atoms with Crippen LogP contribution >= 0.6 is 0 Å². The van der Waals surface area contributed by atoms with Crippen molar-refractivity contribution in [1.82, 2.24) is 9.47 Å². The third-order valence-electron chi connectivity index (χ3n) is 7.89. The Hall–Kier alpha value is -3.77. The number of piperidine rings is 1. The number of ether oxygens (including phenoxy) is 2. The molecule has 0 radical (unpaired) electrons. The van der Waals surface area contributed by atoms with Crippen molar-refractivity contribution < 1.29 is 14.3 Å². The number of carbonyl (C=O) groups excluding carboxylic acids is 1. The first kappa shape index (κ1) is 24.6. The lowest BCUT2D eigenvalue weighted by atomic mass is 9.91. The van der Waals surface area contributed by atoms with Crippen molar-refractivity contribution in [3.8, 4) is 5.75 Å². The molecule has 1 amide bonds. The molecule has 0 saturated carbocycles. The summed E-state index contributed by atoms with van der Waals surface area (Å²) in [6.07, 6.45) is 3.73. The van der Waals surface area contributed by atoms with E-state index >= 15 is 0 Å². The van der Waals surface area contributed by atoms with E-state index in [-0.39, 0.29) is 6.09 Å². The van der Waals surface area contributed by atoms with Gasteiger partial charge in [0.05, 0.1) is 12.1 Å². The van der Waals surface area contributed by atoms with Crippen molar-refractivity contribution in [3.05, 3.63) is 96.2 Å². The Kier molecular flexibility index (Phi) is 6.58. The number of fused-ring (bicyclic) bond motifs is 1. The normalized spacial score (nSPS) is 17.4. The van der Waals surface area contributed by atoms with Crippen LogP contribution in [0.3, 0.4) is 0 Å². The van der Waals surface area contributed by atoms with E-state index in [0.717, 1.165) is 49.5 Å². The van der Waals surface area contributed by atoms with Gasteiger partial charge in [0, 0.05) is 55.8 Å². The Morgan fingerprint density at radius 3 is 2.34 bits per heavy atom. The predicted molar refractivity (Wildman–Crippen MR) is 151 cm³/mol. The summed E-state index contributed by atoms with van der Waals surface area (Å²) in [5.41, 5.74) is 4.15. The van der Waals surface area contributed by atoms with E-state index in [0.29, 0.717) is 19.2 Å². The minimum Gasteiger partial charge on any atom is -0.488 e. The zero-order valence-corrected chi connectivity index (χ0v) is 22.2. The van der Waals surface area contributed by atoms with Crippen LogP contribution in [0, 0.1) is 0 Å². The number of aromatic nitrogens is 1. The highest BCUT2D eigenvalue weighted by Gasteiger charge is 2.47. The zero-order chi connectivity index (χ0) is 26.1. The highest BCUT2D eigenvalue weighted by atomic mass is 16.6. The van der Waals surface area contributed by atoms with E-state index in [4.69, 9.17) is 9.47 Å². The Morgan fingerprint density at radius 2 is 1.63 bits per heavy atom. The highest BCUT2D eigenvalue weighted by molar-refractivity contribution is 5.91. The number of rotatable bonds is 7. The smallest absolute Gasteiger partial charge is 0.415 e. The lowest BCUT2D eigenvalue weighted by Gasteiger charge is -2.37. The predicted octanol–water partition coefficient (Wildman–Crippen LogP) is 6.79. The third-order valence-corrected chi connectivity index (χ3v) is 7.89. The average molecular weight is 510 g/mol. The fraction of sp³-hybridized carbons (Fsp3) is 0.344. The molecular formula is C32H35N3O3. The molecule has 6 heteroatoms. The molecule has 0 atom stereocenters. The van der Waals surface area contributed by atoms with Crippen molar-refractivity contribution in [2.24, 2.45) is 0 Å². The summed E-state index contributed by atoms with van der Waals surface area (Å²) in [5.74, 6) is 0.928. The SMILES string of the molecule is CC(C)n1cc(CN2CCC3(CC2)CN(c2ccccc2)C(=O)O3)c2c(OCc3ccccc3)cccc21. The zero-order valence-electron chi connectivity index (χ0n) is 22.2. The molecule has 0 aliphatic carbocycles. The molecule has 196 valence electrons. The quantitative estimate of drug-likeness (QED) is 0.275. The van der Waals surface area contributed by atoms with Crippen LogP contribution in [0.1, 0.15) is 43.9 Å². The fourth-order valence-corrected chi connectivity index (χ4v) is 5.81. The van der Waals surface area contributed by atoms with E-state index in [9.17, 15) is 4.79 Å². The third kappa shape index (κ3) is 4.76. The van der Waals surface area contributed by atoms with Crippen LogP contribution in [0.15, 0.2) is 85.1 Å². The number of hydrogen-bond donors (Lipinski definition) is 0. The summed E-state index contributed by atoms with van der Waals surface area (Å²) in [4.78, 5) is 17.0. The van der Waals surface area contributed by atoms with E-state index in [1.54, 1.807) is 4.90 Å². The highest BCUT2D eigenvalue weighted by Crippen LogP contribution is 2.38. The Morgan fingerprint density at radius 1 is 0.921 bits per heavy atom. The van der Waals surface area contributed by atoms with Gasteiger partial charge in [-0.05, 0) is 49.2 Å². The van der Waals surface area contributed by atoms with Crippen LogP contribution in [0.5, 0.6) is 5.75 Å². The van der Waals surface area contributed by atoms with Crippen molar-refractivity contribution in [1.29, 1.82) is 0 Å². The Labute approximate surface area is 224 Å². The number of carbonyl (C=O) groups is 1. The maximum atomic E-state index is 12.7. The van der Waals surface area contributed by atoms with Gasteiger partial charge >= 0.3 is 6.09 Å². The molecule has 2 aliphatic rings. The van der Waals surface area contributed by atoms with E-state index in [1.807, 2.05) is 48.5 Å². The second-order valence-corrected chi connectivity index (χ2v) is 10.8. The largest absolute Gasteiger partial charge is 0.488 e. The molecule has 6 rings (SSSR count). The second-order valence-electron chi connectivity index (χ2n) is 10.8. The van der Waals surface area contributed by atoms with Crippen LogP contribution in [0.4, 0.5) is 10.5 Å². The second kappa shape index (κ2) is 10.2. The topological polar surface area (TPSA) is 46.9 Å². The standard InChI is InChI=1S/C32H35N3O3/c1-24(2)34-21-26(30-28(34)14-9-15-29(30)37-22-25-10-5-3-6-11-25)20-33-18-16-32(17-19-33)23-35(31(36)38-32)27-12-7-4-8-13-27/h3-15,21,24H,16-20,22-23H2,1-2H3. The molecule has 38 heavy (non-hydrogen) atoms. The molecule has 3 heterocycles. The molecule has 3 aromatic carbocycles. The van der Waals surface area contributed by atoms with Gasteiger partial charge in [0.25, 0.3) is 0 Å². The molecule has 0 unspecified atom stereocenters. The number of anilines is 1. The van der Waals surface area contributed by atoms with Crippen molar-refractivity contribution in [2.45, 2.75) is 51.5 Å². The molecule has 1 spiro atoms.